The minimum Gasteiger partial charge on any atom is -0.320 e. The van der Waals surface area contributed by atoms with Gasteiger partial charge in [0.25, 0.3) is 0 Å². The van der Waals surface area contributed by atoms with Gasteiger partial charge < -0.3 is 5.32 Å². The van der Waals surface area contributed by atoms with Gasteiger partial charge in [-0.1, -0.05) is 0 Å². The van der Waals surface area contributed by atoms with Crippen molar-refractivity contribution in [3.63, 3.8) is 0 Å². The first kappa shape index (κ1) is 9.61. The maximum atomic E-state index is 12.1. The molecule has 0 radical (unpaired) electrons. The van der Waals surface area contributed by atoms with Crippen LogP contribution in [0.4, 0.5) is 4.39 Å². The Morgan fingerprint density at radius 2 is 2.50 bits per heavy atom. The molecule has 0 aliphatic rings. The van der Waals surface area contributed by atoms with Gasteiger partial charge in [0.15, 0.2) is 0 Å². The second-order valence-electron chi connectivity index (χ2n) is 2.57. The number of thiazole rings is 1. The van der Waals surface area contributed by atoms with Crippen LogP contribution in [0.15, 0.2) is 5.38 Å². The summed E-state index contributed by atoms with van der Waals surface area (Å²) in [6, 6.07) is 0. The minimum absolute atomic E-state index is 0.442. The summed E-state index contributed by atoms with van der Waals surface area (Å²) in [7, 11) is 1.93. The van der Waals surface area contributed by atoms with Crippen molar-refractivity contribution in [2.45, 2.75) is 19.5 Å². The molecule has 0 bridgehead atoms. The predicted octanol–water partition coefficient (Wildman–Crippen LogP) is 1.76. The lowest BCUT2D eigenvalue weighted by Gasteiger charge is -1.94. The van der Waals surface area contributed by atoms with E-state index in [1.165, 1.54) is 0 Å². The van der Waals surface area contributed by atoms with Gasteiger partial charge in [0.05, 0.1) is 10.7 Å². The summed E-state index contributed by atoms with van der Waals surface area (Å²) in [6.07, 6.45) is 2.02. The van der Waals surface area contributed by atoms with Crippen molar-refractivity contribution in [1.29, 1.82) is 0 Å². The second kappa shape index (κ2) is 5.22. The highest BCUT2D eigenvalue weighted by Crippen LogP contribution is 2.12. The number of alkyl halides is 1. The fourth-order valence-electron chi connectivity index (χ4n) is 0.942. The molecule has 0 aromatic carbocycles. The molecule has 0 atom stereocenters. The van der Waals surface area contributed by atoms with Crippen molar-refractivity contribution in [3.05, 3.63) is 16.1 Å². The summed E-state index contributed by atoms with van der Waals surface area (Å²) in [5.74, 6) is 0. The lowest BCUT2D eigenvalue weighted by molar-refractivity contribution is 0.477. The third kappa shape index (κ3) is 2.87. The van der Waals surface area contributed by atoms with E-state index in [4.69, 9.17) is 0 Å². The van der Waals surface area contributed by atoms with E-state index in [-0.39, 0.29) is 0 Å². The Bertz CT molecular complexity index is 225. The molecule has 0 aliphatic carbocycles. The molecule has 0 aliphatic heterocycles. The molecule has 0 amide bonds. The number of aromatic nitrogens is 1. The Labute approximate surface area is 75.8 Å². The monoisotopic (exact) mass is 188 g/mol. The smallest absolute Gasteiger partial charge is 0.132 e. The fraction of sp³-hybridized carbons (Fsp3) is 0.625. The number of aryl methyl sites for hydroxylation is 1. The molecule has 1 aromatic heterocycles. The molecule has 0 unspecified atom stereocenters. The highest BCUT2D eigenvalue weighted by molar-refractivity contribution is 7.09. The third-order valence-electron chi connectivity index (χ3n) is 1.55. The van der Waals surface area contributed by atoms with Gasteiger partial charge in [0.2, 0.25) is 0 Å². The molecule has 68 valence electrons. The maximum Gasteiger partial charge on any atom is 0.132 e. The summed E-state index contributed by atoms with van der Waals surface area (Å²) in [5.41, 5.74) is 0.569. The molecule has 0 saturated carbocycles. The van der Waals surface area contributed by atoms with Crippen molar-refractivity contribution >= 4 is 11.3 Å². The number of hydrogen-bond acceptors (Lipinski definition) is 3. The number of nitrogens with zero attached hydrogens (tertiary/aromatic N) is 1. The zero-order valence-corrected chi connectivity index (χ0v) is 7.96. The zero-order valence-electron chi connectivity index (χ0n) is 7.14. The lowest BCUT2D eigenvalue weighted by Crippen LogP contribution is -2.08. The zero-order chi connectivity index (χ0) is 8.81. The van der Waals surface area contributed by atoms with Gasteiger partial charge in [-0.25, -0.2) is 9.37 Å². The average molecular weight is 188 g/mol. The number of halogens is 1. The van der Waals surface area contributed by atoms with Crippen LogP contribution in [0, 0.1) is 0 Å². The summed E-state index contributed by atoms with van der Waals surface area (Å²) in [6.45, 7) is 0.549. The van der Waals surface area contributed by atoms with E-state index in [0.717, 1.165) is 24.4 Å². The summed E-state index contributed by atoms with van der Waals surface area (Å²) in [4.78, 5) is 4.12. The second-order valence-corrected chi connectivity index (χ2v) is 3.52. The van der Waals surface area contributed by atoms with Crippen LogP contribution in [0.5, 0.6) is 0 Å². The number of hydrogen-bond donors (Lipinski definition) is 1. The van der Waals surface area contributed by atoms with Crippen LogP contribution in [-0.4, -0.2) is 18.6 Å². The first-order valence-electron chi connectivity index (χ1n) is 4.00. The van der Waals surface area contributed by atoms with Gasteiger partial charge >= 0.3 is 0 Å². The Balaban J connectivity index is 2.31. The Hall–Kier alpha value is -0.480. The van der Waals surface area contributed by atoms with E-state index in [9.17, 15) is 4.39 Å². The van der Waals surface area contributed by atoms with Crippen LogP contribution in [0.1, 0.15) is 17.1 Å². The van der Waals surface area contributed by atoms with Crippen LogP contribution >= 0.6 is 11.3 Å². The molecular weight excluding hydrogens is 175 g/mol. The van der Waals surface area contributed by atoms with Crippen LogP contribution in [0.2, 0.25) is 0 Å². The van der Waals surface area contributed by atoms with Crippen LogP contribution in [-0.2, 0) is 13.1 Å². The van der Waals surface area contributed by atoms with E-state index < -0.39 is 6.67 Å². The van der Waals surface area contributed by atoms with Gasteiger partial charge in [0, 0.05) is 11.8 Å². The highest BCUT2D eigenvalue weighted by atomic mass is 32.1. The molecule has 0 fully saturated rings. The van der Waals surface area contributed by atoms with Crippen LogP contribution in [0.25, 0.3) is 0 Å². The summed E-state index contributed by atoms with van der Waals surface area (Å²) in [5, 5.41) is 5.89. The SMILES string of the molecule is CNCCCc1nc(CF)cs1. The minimum atomic E-state index is -0.442. The normalized spacial score (nSPS) is 10.5. The van der Waals surface area contributed by atoms with Crippen molar-refractivity contribution in [2.75, 3.05) is 13.6 Å². The molecular formula is C8H13FN2S. The molecule has 1 heterocycles. The largest absolute Gasteiger partial charge is 0.320 e. The van der Waals surface area contributed by atoms with Crippen LogP contribution < -0.4 is 5.32 Å². The standard InChI is InChI=1S/C8H13FN2S/c1-10-4-2-3-8-11-7(5-9)6-12-8/h6,10H,2-5H2,1H3. The van der Waals surface area contributed by atoms with Gasteiger partial charge in [-0.05, 0) is 20.0 Å². The molecule has 1 rings (SSSR count). The summed E-state index contributed by atoms with van der Waals surface area (Å²) >= 11 is 1.55. The molecule has 1 N–H and O–H groups in total. The van der Waals surface area contributed by atoms with Gasteiger partial charge in [-0.2, -0.15) is 0 Å². The van der Waals surface area contributed by atoms with Gasteiger partial charge in [0.1, 0.15) is 6.67 Å². The molecule has 0 saturated heterocycles. The van der Waals surface area contributed by atoms with E-state index >= 15 is 0 Å². The molecule has 1 aromatic rings. The van der Waals surface area contributed by atoms with Crippen molar-refractivity contribution in [3.8, 4) is 0 Å². The third-order valence-corrected chi connectivity index (χ3v) is 2.51. The molecule has 0 spiro atoms. The molecule has 4 heteroatoms. The Morgan fingerprint density at radius 1 is 1.67 bits per heavy atom. The topological polar surface area (TPSA) is 24.9 Å². The van der Waals surface area contributed by atoms with Crippen molar-refractivity contribution < 1.29 is 4.39 Å². The Kier molecular flexibility index (Phi) is 4.18. The molecule has 2 nitrogen and oxygen atoms in total. The number of nitrogens with one attached hydrogen (secondary N) is 1. The van der Waals surface area contributed by atoms with Gasteiger partial charge in [-0.3, -0.25) is 0 Å². The van der Waals surface area contributed by atoms with Crippen molar-refractivity contribution in [1.82, 2.24) is 10.3 Å². The maximum absolute atomic E-state index is 12.1. The predicted molar refractivity (Wildman–Crippen MR) is 49.2 cm³/mol. The fourth-order valence-corrected chi connectivity index (χ4v) is 1.76. The van der Waals surface area contributed by atoms with E-state index in [1.54, 1.807) is 16.7 Å². The lowest BCUT2D eigenvalue weighted by atomic mass is 10.3. The quantitative estimate of drug-likeness (QED) is 0.712. The Morgan fingerprint density at radius 3 is 3.08 bits per heavy atom. The molecule has 12 heavy (non-hydrogen) atoms. The van der Waals surface area contributed by atoms with E-state index in [0.29, 0.717) is 5.69 Å². The van der Waals surface area contributed by atoms with Gasteiger partial charge in [-0.15, -0.1) is 11.3 Å². The first-order chi connectivity index (χ1) is 5.86. The highest BCUT2D eigenvalue weighted by Gasteiger charge is 2.00. The summed E-state index contributed by atoms with van der Waals surface area (Å²) < 4.78 is 12.1. The van der Waals surface area contributed by atoms with E-state index in [2.05, 4.69) is 10.3 Å². The number of rotatable bonds is 5. The first-order valence-corrected chi connectivity index (χ1v) is 4.88. The van der Waals surface area contributed by atoms with Crippen LogP contribution in [0.3, 0.4) is 0 Å². The van der Waals surface area contributed by atoms with Crippen molar-refractivity contribution in [2.24, 2.45) is 0 Å². The average Bonchev–Trinajstić information content (AvgIpc) is 2.53. The van der Waals surface area contributed by atoms with E-state index in [1.807, 2.05) is 7.05 Å².